The van der Waals surface area contributed by atoms with Gasteiger partial charge in [0.05, 0.1) is 23.1 Å². The third-order valence-corrected chi connectivity index (χ3v) is 9.33. The van der Waals surface area contributed by atoms with Crippen molar-refractivity contribution < 1.29 is 24.5 Å². The maximum absolute atomic E-state index is 13.5. The van der Waals surface area contributed by atoms with Gasteiger partial charge in [-0.05, 0) is 53.8 Å². The Morgan fingerprint density at radius 2 is 1.97 bits per heavy atom. The summed E-state index contributed by atoms with van der Waals surface area (Å²) in [4.78, 5) is 28.5. The molecular formula is C26H19Cl2N3O5S3. The molecular weight excluding hydrogens is 601 g/mol. The molecule has 1 aliphatic heterocycles. The number of Topliss-reactive ketones (excluding diaryl/α,β-unsaturated/α-hetero) is 1. The first kappa shape index (κ1) is 27.5. The molecule has 0 saturated heterocycles. The minimum Gasteiger partial charge on any atom is -0.504 e. The van der Waals surface area contributed by atoms with Gasteiger partial charge < -0.3 is 14.9 Å². The molecule has 5 rings (SSSR count). The maximum atomic E-state index is 13.5. The van der Waals surface area contributed by atoms with E-state index in [-0.39, 0.29) is 22.2 Å². The van der Waals surface area contributed by atoms with E-state index in [2.05, 4.69) is 10.2 Å². The Hall–Kier alpha value is -3.09. The van der Waals surface area contributed by atoms with E-state index >= 15 is 0 Å². The van der Waals surface area contributed by atoms with Gasteiger partial charge in [0.2, 0.25) is 10.9 Å². The van der Waals surface area contributed by atoms with E-state index in [4.69, 9.17) is 27.9 Å². The van der Waals surface area contributed by atoms with Gasteiger partial charge >= 0.3 is 0 Å². The number of hydrogen-bond acceptors (Lipinski definition) is 10. The van der Waals surface area contributed by atoms with Gasteiger partial charge in [-0.1, -0.05) is 64.5 Å². The summed E-state index contributed by atoms with van der Waals surface area (Å²) >= 11 is 16.0. The number of halogens is 2. The summed E-state index contributed by atoms with van der Waals surface area (Å²) in [7, 11) is 0. The van der Waals surface area contributed by atoms with Crippen LogP contribution in [0.5, 0.6) is 11.5 Å². The lowest BCUT2D eigenvalue weighted by Gasteiger charge is -2.24. The van der Waals surface area contributed by atoms with Crippen LogP contribution in [0.15, 0.2) is 69.6 Å². The number of benzene rings is 2. The number of phenols is 1. The number of carbonyl (C=O) groups is 2. The lowest BCUT2D eigenvalue weighted by Crippen LogP contribution is -2.31. The number of amides is 1. The number of phenolic OH excluding ortho intramolecular Hbond substituents is 1. The summed E-state index contributed by atoms with van der Waals surface area (Å²) in [6.07, 6.45) is 0. The Morgan fingerprint density at radius 1 is 1.15 bits per heavy atom. The van der Waals surface area contributed by atoms with Crippen molar-refractivity contribution in [2.45, 2.75) is 23.1 Å². The van der Waals surface area contributed by atoms with Gasteiger partial charge in [-0.15, -0.1) is 21.5 Å². The Morgan fingerprint density at radius 3 is 2.69 bits per heavy atom. The number of hydrogen-bond donors (Lipinski definition) is 2. The van der Waals surface area contributed by atoms with Crippen molar-refractivity contribution in [3.63, 3.8) is 0 Å². The van der Waals surface area contributed by atoms with Crippen molar-refractivity contribution in [2.24, 2.45) is 0 Å². The van der Waals surface area contributed by atoms with Crippen LogP contribution in [0.1, 0.15) is 33.8 Å². The van der Waals surface area contributed by atoms with Gasteiger partial charge in [-0.25, -0.2) is 0 Å². The molecule has 2 aromatic carbocycles. The Balaban J connectivity index is 1.51. The third kappa shape index (κ3) is 5.50. The molecule has 1 amide bonds. The van der Waals surface area contributed by atoms with E-state index in [0.29, 0.717) is 37.2 Å². The molecule has 13 heteroatoms. The first-order valence-corrected chi connectivity index (χ1v) is 14.9. The predicted octanol–water partition coefficient (Wildman–Crippen LogP) is 7.09. The van der Waals surface area contributed by atoms with Crippen molar-refractivity contribution in [1.29, 1.82) is 0 Å². The van der Waals surface area contributed by atoms with E-state index < -0.39 is 23.5 Å². The molecule has 0 saturated carbocycles. The average molecular weight is 621 g/mol. The van der Waals surface area contributed by atoms with Crippen molar-refractivity contribution in [3.8, 4) is 11.5 Å². The highest BCUT2D eigenvalue weighted by molar-refractivity contribution is 8.00. The van der Waals surface area contributed by atoms with Crippen molar-refractivity contribution in [1.82, 2.24) is 10.2 Å². The standard InChI is InChI=1S/C26H19Cl2N3O5S3/c1-2-36-18-10-13(6-8-17(18)32)21-20(22(33)19-4-3-9-37-19)23(34)24(35)31(21)25-29-30-26(39-25)38-12-14-5-7-15(27)11-16(14)28/h3-11,21,32,34H,2,12H2,1H3. The van der Waals surface area contributed by atoms with Gasteiger partial charge in [0.1, 0.15) is 0 Å². The van der Waals surface area contributed by atoms with E-state index in [9.17, 15) is 19.8 Å². The number of nitrogens with zero attached hydrogens (tertiary/aromatic N) is 3. The minimum atomic E-state index is -1.02. The molecule has 3 heterocycles. The molecule has 2 N–H and O–H groups in total. The predicted molar refractivity (Wildman–Crippen MR) is 154 cm³/mol. The van der Waals surface area contributed by atoms with Crippen LogP contribution in [-0.4, -0.2) is 38.7 Å². The summed E-state index contributed by atoms with van der Waals surface area (Å²) in [5.74, 6) is -1.34. The number of thioether (sulfide) groups is 1. The molecule has 0 radical (unpaired) electrons. The highest BCUT2D eigenvalue weighted by atomic mass is 35.5. The summed E-state index contributed by atoms with van der Waals surface area (Å²) in [6.45, 7) is 2.06. The van der Waals surface area contributed by atoms with Crippen LogP contribution < -0.4 is 9.64 Å². The second kappa shape index (κ2) is 11.6. The SMILES string of the molecule is CCOc1cc(C2C(C(=O)c3cccs3)=C(O)C(=O)N2c2nnc(SCc3ccc(Cl)cc3Cl)s2)ccc1O. The van der Waals surface area contributed by atoms with Gasteiger partial charge in [0, 0.05) is 15.8 Å². The second-order valence-corrected chi connectivity index (χ2v) is 12.2. The largest absolute Gasteiger partial charge is 0.504 e. The number of aliphatic hydroxyl groups excluding tert-OH is 1. The molecule has 0 aliphatic carbocycles. The molecule has 1 unspecified atom stereocenters. The lowest BCUT2D eigenvalue weighted by molar-refractivity contribution is -0.117. The lowest BCUT2D eigenvalue weighted by atomic mass is 9.95. The van der Waals surface area contributed by atoms with Gasteiger partial charge in [-0.2, -0.15) is 0 Å². The van der Waals surface area contributed by atoms with Crippen LogP contribution in [0.4, 0.5) is 5.13 Å². The fourth-order valence-corrected chi connectivity index (χ4v) is 7.10. The zero-order valence-electron chi connectivity index (χ0n) is 20.1. The number of aliphatic hydroxyl groups is 1. The van der Waals surface area contributed by atoms with E-state index in [0.717, 1.165) is 16.9 Å². The van der Waals surface area contributed by atoms with Gasteiger partial charge in [-0.3, -0.25) is 14.5 Å². The number of rotatable bonds is 9. The molecule has 200 valence electrons. The first-order chi connectivity index (χ1) is 18.8. The second-order valence-electron chi connectivity index (χ2n) is 8.18. The molecule has 8 nitrogen and oxygen atoms in total. The number of carbonyl (C=O) groups excluding carboxylic acids is 2. The summed E-state index contributed by atoms with van der Waals surface area (Å²) in [5, 5.41) is 32.6. The highest BCUT2D eigenvalue weighted by Gasteiger charge is 2.46. The van der Waals surface area contributed by atoms with Crippen molar-refractivity contribution in [3.05, 3.63) is 91.3 Å². The summed E-state index contributed by atoms with van der Waals surface area (Å²) in [6, 6.07) is 12.1. The Kier molecular flexibility index (Phi) is 8.15. The summed E-state index contributed by atoms with van der Waals surface area (Å²) < 4.78 is 6.09. The molecule has 0 fully saturated rings. The molecule has 2 aromatic heterocycles. The fourth-order valence-electron chi connectivity index (χ4n) is 4.00. The third-order valence-electron chi connectivity index (χ3n) is 5.77. The zero-order valence-corrected chi connectivity index (χ0v) is 24.1. The van der Waals surface area contributed by atoms with Crippen molar-refractivity contribution in [2.75, 3.05) is 11.5 Å². The quantitative estimate of drug-likeness (QED) is 0.116. The molecule has 4 aromatic rings. The monoisotopic (exact) mass is 619 g/mol. The first-order valence-electron chi connectivity index (χ1n) is 11.5. The molecule has 39 heavy (non-hydrogen) atoms. The number of ketones is 1. The number of aromatic nitrogens is 2. The van der Waals surface area contributed by atoms with Crippen LogP contribution in [0, 0.1) is 0 Å². The van der Waals surface area contributed by atoms with E-state index in [1.165, 1.54) is 34.1 Å². The van der Waals surface area contributed by atoms with Crippen LogP contribution in [0.2, 0.25) is 10.0 Å². The van der Waals surface area contributed by atoms with Crippen LogP contribution in [-0.2, 0) is 10.5 Å². The van der Waals surface area contributed by atoms with E-state index in [1.54, 1.807) is 48.7 Å². The van der Waals surface area contributed by atoms with Crippen LogP contribution in [0.3, 0.4) is 0 Å². The van der Waals surface area contributed by atoms with Crippen LogP contribution in [0.25, 0.3) is 0 Å². The van der Waals surface area contributed by atoms with Crippen molar-refractivity contribution >= 4 is 74.5 Å². The number of thiophene rings is 1. The number of aromatic hydroxyl groups is 1. The minimum absolute atomic E-state index is 0.0899. The Labute approximate surface area is 245 Å². The smallest absolute Gasteiger partial charge is 0.296 e. The van der Waals surface area contributed by atoms with E-state index in [1.807, 2.05) is 6.07 Å². The maximum Gasteiger partial charge on any atom is 0.296 e. The number of anilines is 1. The van der Waals surface area contributed by atoms with Gasteiger partial charge in [0.25, 0.3) is 5.91 Å². The topological polar surface area (TPSA) is 113 Å². The molecule has 1 atom stereocenters. The molecule has 1 aliphatic rings. The highest BCUT2D eigenvalue weighted by Crippen LogP contribution is 2.45. The van der Waals surface area contributed by atoms with Crippen LogP contribution >= 0.6 is 57.6 Å². The Bertz CT molecular complexity index is 1590. The summed E-state index contributed by atoms with van der Waals surface area (Å²) in [5.41, 5.74) is 1.22. The fraction of sp³-hybridized carbons (Fsp3) is 0.154. The molecule has 0 bridgehead atoms. The van der Waals surface area contributed by atoms with Gasteiger partial charge in [0.15, 0.2) is 21.6 Å². The molecule has 0 spiro atoms. The normalized spacial score (nSPS) is 15.3. The number of ether oxygens (including phenoxy) is 1. The average Bonchev–Trinajstić information content (AvgIpc) is 3.66. The zero-order chi connectivity index (χ0) is 27.7.